The van der Waals surface area contributed by atoms with Gasteiger partial charge in [-0.25, -0.2) is 0 Å². The number of aryl methyl sites for hydroxylation is 1. The normalized spacial score (nSPS) is 12.9. The van der Waals surface area contributed by atoms with E-state index in [1.807, 2.05) is 12.3 Å². The Morgan fingerprint density at radius 1 is 1.53 bits per heavy atom. The second kappa shape index (κ2) is 5.39. The molecular weight excluding hydrogens is 238 g/mol. The maximum Gasteiger partial charge on any atom is 0.228 e. The summed E-state index contributed by atoms with van der Waals surface area (Å²) in [6.07, 6.45) is 0.532. The summed E-state index contributed by atoms with van der Waals surface area (Å²) in [6, 6.07) is -0.114. The molecular formula is C11H15N3O2S. The minimum Gasteiger partial charge on any atom is -0.383 e. The van der Waals surface area contributed by atoms with E-state index in [-0.39, 0.29) is 6.04 Å². The Hall–Kier alpha value is -1.24. The van der Waals surface area contributed by atoms with Gasteiger partial charge in [0.1, 0.15) is 0 Å². The third kappa shape index (κ3) is 2.91. The summed E-state index contributed by atoms with van der Waals surface area (Å²) in [5.41, 5.74) is 8.00. The number of rotatable bonds is 5. The number of aromatic nitrogens is 2. The van der Waals surface area contributed by atoms with E-state index in [1.165, 1.54) is 0 Å². The number of nitrogens with zero attached hydrogens (tertiary/aromatic N) is 2. The Morgan fingerprint density at radius 2 is 2.35 bits per heavy atom. The van der Waals surface area contributed by atoms with E-state index in [4.69, 9.17) is 15.0 Å². The zero-order valence-corrected chi connectivity index (χ0v) is 10.7. The topological polar surface area (TPSA) is 74.2 Å². The fourth-order valence-electron chi connectivity index (χ4n) is 1.53. The number of ether oxygens (including phenoxy) is 1. The third-order valence-electron chi connectivity index (χ3n) is 2.38. The van der Waals surface area contributed by atoms with Crippen molar-refractivity contribution in [2.45, 2.75) is 19.4 Å². The van der Waals surface area contributed by atoms with Crippen LogP contribution in [-0.4, -0.2) is 29.9 Å². The molecule has 92 valence electrons. The van der Waals surface area contributed by atoms with E-state index in [9.17, 15) is 0 Å². The number of nitrogens with two attached hydrogens (primary N) is 1. The van der Waals surface area contributed by atoms with Crippen molar-refractivity contribution >= 4 is 11.3 Å². The highest BCUT2D eigenvalue weighted by atomic mass is 32.1. The van der Waals surface area contributed by atoms with Gasteiger partial charge in [-0.15, -0.1) is 0 Å². The van der Waals surface area contributed by atoms with Crippen LogP contribution in [-0.2, 0) is 11.2 Å². The van der Waals surface area contributed by atoms with Crippen LogP contribution in [0.25, 0.3) is 11.4 Å². The van der Waals surface area contributed by atoms with Crippen LogP contribution in [0.2, 0.25) is 0 Å². The van der Waals surface area contributed by atoms with Crippen molar-refractivity contribution in [3.63, 3.8) is 0 Å². The van der Waals surface area contributed by atoms with Crippen molar-refractivity contribution in [2.75, 3.05) is 13.7 Å². The van der Waals surface area contributed by atoms with Crippen LogP contribution < -0.4 is 5.73 Å². The molecule has 6 heteroatoms. The first-order valence-electron chi connectivity index (χ1n) is 5.31. The second-order valence-electron chi connectivity index (χ2n) is 3.90. The second-order valence-corrected chi connectivity index (χ2v) is 4.64. The van der Waals surface area contributed by atoms with E-state index >= 15 is 0 Å². The van der Waals surface area contributed by atoms with Gasteiger partial charge < -0.3 is 15.0 Å². The predicted molar refractivity (Wildman–Crippen MR) is 65.9 cm³/mol. The summed E-state index contributed by atoms with van der Waals surface area (Å²) in [4.78, 5) is 4.33. The molecule has 1 atom stereocenters. The van der Waals surface area contributed by atoms with Crippen molar-refractivity contribution < 1.29 is 9.26 Å². The van der Waals surface area contributed by atoms with E-state index in [0.29, 0.717) is 24.7 Å². The summed E-state index contributed by atoms with van der Waals surface area (Å²) in [5.74, 6) is 1.18. The molecule has 2 heterocycles. The summed E-state index contributed by atoms with van der Waals surface area (Å²) in [5, 5.41) is 8.03. The van der Waals surface area contributed by atoms with Gasteiger partial charge in [-0.2, -0.15) is 16.3 Å². The monoisotopic (exact) mass is 253 g/mol. The molecule has 0 aliphatic carbocycles. The molecule has 2 N–H and O–H groups in total. The zero-order valence-electron chi connectivity index (χ0n) is 9.84. The molecule has 5 nitrogen and oxygen atoms in total. The third-order valence-corrected chi connectivity index (χ3v) is 3.24. The van der Waals surface area contributed by atoms with Crippen LogP contribution in [0.1, 0.15) is 11.5 Å². The fraction of sp³-hybridized carbons (Fsp3) is 0.455. The number of thiophene rings is 1. The Morgan fingerprint density at radius 3 is 3.00 bits per heavy atom. The van der Waals surface area contributed by atoms with Gasteiger partial charge in [-0.1, -0.05) is 5.16 Å². The van der Waals surface area contributed by atoms with Gasteiger partial charge in [0.15, 0.2) is 0 Å². The quantitative estimate of drug-likeness (QED) is 0.876. The Bertz CT molecular complexity index is 481. The van der Waals surface area contributed by atoms with Gasteiger partial charge in [-0.05, 0) is 17.9 Å². The zero-order chi connectivity index (χ0) is 12.3. The summed E-state index contributed by atoms with van der Waals surface area (Å²) >= 11 is 1.63. The molecule has 2 rings (SSSR count). The SMILES string of the molecule is COCC(N)Cc1nc(-c2cscc2C)no1. The summed E-state index contributed by atoms with van der Waals surface area (Å²) in [6.45, 7) is 2.51. The lowest BCUT2D eigenvalue weighted by atomic mass is 10.2. The van der Waals surface area contributed by atoms with Gasteiger partial charge >= 0.3 is 0 Å². The molecule has 0 spiro atoms. The molecule has 0 saturated heterocycles. The van der Waals surface area contributed by atoms with Crippen molar-refractivity contribution in [3.8, 4) is 11.4 Å². The lowest BCUT2D eigenvalue weighted by molar-refractivity contribution is 0.176. The van der Waals surface area contributed by atoms with Gasteiger partial charge in [0.2, 0.25) is 11.7 Å². The number of hydrogen-bond acceptors (Lipinski definition) is 6. The fourth-order valence-corrected chi connectivity index (χ4v) is 2.36. The Labute approximate surface area is 104 Å². The lowest BCUT2D eigenvalue weighted by Crippen LogP contribution is -2.28. The predicted octanol–water partition coefficient (Wildman–Crippen LogP) is 1.62. The molecule has 0 amide bonds. The lowest BCUT2D eigenvalue weighted by Gasteiger charge is -2.05. The largest absolute Gasteiger partial charge is 0.383 e. The number of methoxy groups -OCH3 is 1. The highest BCUT2D eigenvalue weighted by Crippen LogP contribution is 2.24. The average Bonchev–Trinajstić information content (AvgIpc) is 2.87. The van der Waals surface area contributed by atoms with Gasteiger partial charge in [-0.3, -0.25) is 0 Å². The van der Waals surface area contributed by atoms with Crippen LogP contribution in [0.5, 0.6) is 0 Å². The molecule has 0 bridgehead atoms. The van der Waals surface area contributed by atoms with E-state index in [0.717, 1.165) is 11.1 Å². The van der Waals surface area contributed by atoms with Crippen LogP contribution in [0, 0.1) is 6.92 Å². The van der Waals surface area contributed by atoms with Gasteiger partial charge in [0, 0.05) is 30.5 Å². The molecule has 0 aliphatic rings. The molecule has 0 aromatic carbocycles. The van der Waals surface area contributed by atoms with Crippen LogP contribution in [0.15, 0.2) is 15.3 Å². The average molecular weight is 253 g/mol. The van der Waals surface area contributed by atoms with Crippen molar-refractivity contribution in [1.82, 2.24) is 10.1 Å². The van der Waals surface area contributed by atoms with Gasteiger partial charge in [0.25, 0.3) is 0 Å². The number of hydrogen-bond donors (Lipinski definition) is 1. The Balaban J connectivity index is 2.09. The molecule has 1 unspecified atom stereocenters. The van der Waals surface area contributed by atoms with Crippen LogP contribution >= 0.6 is 11.3 Å². The van der Waals surface area contributed by atoms with Crippen molar-refractivity contribution in [1.29, 1.82) is 0 Å². The standard InChI is InChI=1S/C11H15N3O2S/c1-7-5-17-6-9(7)11-13-10(16-14-11)3-8(12)4-15-2/h5-6,8H,3-4,12H2,1-2H3. The maximum absolute atomic E-state index is 5.82. The molecule has 2 aromatic heterocycles. The van der Waals surface area contributed by atoms with Crippen molar-refractivity contribution in [2.24, 2.45) is 5.73 Å². The molecule has 17 heavy (non-hydrogen) atoms. The maximum atomic E-state index is 5.82. The minimum absolute atomic E-state index is 0.114. The first-order chi connectivity index (χ1) is 8.20. The van der Waals surface area contributed by atoms with Crippen molar-refractivity contribution in [3.05, 3.63) is 22.2 Å². The first-order valence-corrected chi connectivity index (χ1v) is 6.25. The summed E-state index contributed by atoms with van der Waals surface area (Å²) < 4.78 is 10.1. The highest BCUT2D eigenvalue weighted by molar-refractivity contribution is 7.08. The molecule has 0 fully saturated rings. The highest BCUT2D eigenvalue weighted by Gasteiger charge is 2.13. The Kier molecular flexibility index (Phi) is 3.88. The smallest absolute Gasteiger partial charge is 0.228 e. The van der Waals surface area contributed by atoms with E-state index in [1.54, 1.807) is 18.4 Å². The molecule has 0 radical (unpaired) electrons. The molecule has 2 aromatic rings. The minimum atomic E-state index is -0.114. The van der Waals surface area contributed by atoms with E-state index < -0.39 is 0 Å². The first kappa shape index (κ1) is 12.2. The summed E-state index contributed by atoms with van der Waals surface area (Å²) in [7, 11) is 1.62. The van der Waals surface area contributed by atoms with Crippen LogP contribution in [0.4, 0.5) is 0 Å². The molecule has 0 saturated carbocycles. The van der Waals surface area contributed by atoms with Crippen LogP contribution in [0.3, 0.4) is 0 Å². The van der Waals surface area contributed by atoms with Gasteiger partial charge in [0.05, 0.1) is 6.61 Å². The molecule has 0 aliphatic heterocycles. The van der Waals surface area contributed by atoms with E-state index in [2.05, 4.69) is 15.5 Å².